The molecule has 0 saturated heterocycles. The van der Waals surface area contributed by atoms with Crippen molar-refractivity contribution in [1.82, 2.24) is 0 Å². The van der Waals surface area contributed by atoms with Gasteiger partial charge in [-0.1, -0.05) is 23.8 Å². The van der Waals surface area contributed by atoms with Gasteiger partial charge in [-0.25, -0.2) is 0 Å². The zero-order valence-corrected chi connectivity index (χ0v) is 9.17. The first kappa shape index (κ1) is 9.72. The average Bonchev–Trinajstić information content (AvgIpc) is 2.90. The lowest BCUT2D eigenvalue weighted by atomic mass is 9.87. The highest BCUT2D eigenvalue weighted by Gasteiger charge is 2.48. The van der Waals surface area contributed by atoms with Crippen molar-refractivity contribution in [2.75, 3.05) is 0 Å². The monoisotopic (exact) mass is 190 g/mol. The third kappa shape index (κ3) is 1.36. The van der Waals surface area contributed by atoms with E-state index in [0.29, 0.717) is 0 Å². The minimum atomic E-state index is -0.219. The minimum Gasteiger partial charge on any atom is -0.392 e. The van der Waals surface area contributed by atoms with Crippen LogP contribution in [0.5, 0.6) is 0 Å². The van der Waals surface area contributed by atoms with Crippen molar-refractivity contribution in [3.05, 3.63) is 34.9 Å². The van der Waals surface area contributed by atoms with Gasteiger partial charge in [0.15, 0.2) is 0 Å². The van der Waals surface area contributed by atoms with Gasteiger partial charge in [0, 0.05) is 5.41 Å². The number of aryl methyl sites for hydroxylation is 2. The standard InChI is InChI=1S/C13H18O/c1-9-4-5-10(2)12(8-9)13(6-7-13)11(3)14/h4-5,8,11,14H,6-7H2,1-3H3. The van der Waals surface area contributed by atoms with E-state index in [1.54, 1.807) is 0 Å². The number of hydrogen-bond donors (Lipinski definition) is 1. The van der Waals surface area contributed by atoms with E-state index in [-0.39, 0.29) is 11.5 Å². The molecule has 0 spiro atoms. The van der Waals surface area contributed by atoms with E-state index in [1.807, 2.05) is 6.92 Å². The van der Waals surface area contributed by atoms with E-state index >= 15 is 0 Å². The summed E-state index contributed by atoms with van der Waals surface area (Å²) in [6.07, 6.45) is 2.05. The smallest absolute Gasteiger partial charge is 0.0608 e. The highest BCUT2D eigenvalue weighted by atomic mass is 16.3. The minimum absolute atomic E-state index is 0.0795. The lowest BCUT2D eigenvalue weighted by molar-refractivity contribution is 0.150. The summed E-state index contributed by atoms with van der Waals surface area (Å²) in [6.45, 7) is 6.16. The fourth-order valence-electron chi connectivity index (χ4n) is 2.32. The van der Waals surface area contributed by atoms with Gasteiger partial charge in [0.1, 0.15) is 0 Å². The van der Waals surface area contributed by atoms with Gasteiger partial charge >= 0.3 is 0 Å². The third-order valence-corrected chi connectivity index (χ3v) is 3.52. The van der Waals surface area contributed by atoms with Gasteiger partial charge in [-0.2, -0.15) is 0 Å². The first-order chi connectivity index (χ1) is 6.56. The number of rotatable bonds is 2. The van der Waals surface area contributed by atoms with Crippen molar-refractivity contribution < 1.29 is 5.11 Å². The quantitative estimate of drug-likeness (QED) is 0.760. The summed E-state index contributed by atoms with van der Waals surface area (Å²) in [4.78, 5) is 0. The fraction of sp³-hybridized carbons (Fsp3) is 0.538. The van der Waals surface area contributed by atoms with Gasteiger partial charge in [0.05, 0.1) is 6.10 Å². The fourth-order valence-corrected chi connectivity index (χ4v) is 2.32. The molecule has 1 fully saturated rings. The second-order valence-corrected chi connectivity index (χ2v) is 4.65. The summed E-state index contributed by atoms with van der Waals surface area (Å²) >= 11 is 0. The van der Waals surface area contributed by atoms with E-state index in [9.17, 15) is 5.11 Å². The lowest BCUT2D eigenvalue weighted by Crippen LogP contribution is -2.23. The van der Waals surface area contributed by atoms with Crippen molar-refractivity contribution >= 4 is 0 Å². The van der Waals surface area contributed by atoms with Crippen molar-refractivity contribution in [2.24, 2.45) is 0 Å². The van der Waals surface area contributed by atoms with Gasteiger partial charge in [0.25, 0.3) is 0 Å². The summed E-state index contributed by atoms with van der Waals surface area (Å²) in [5, 5.41) is 9.81. The van der Waals surface area contributed by atoms with Crippen LogP contribution in [-0.4, -0.2) is 11.2 Å². The molecule has 0 bridgehead atoms. The Hall–Kier alpha value is -0.820. The number of aliphatic hydroxyl groups is 1. The molecule has 1 saturated carbocycles. The van der Waals surface area contributed by atoms with E-state index in [0.717, 1.165) is 12.8 Å². The molecule has 1 aromatic carbocycles. The van der Waals surface area contributed by atoms with E-state index in [4.69, 9.17) is 0 Å². The number of benzene rings is 1. The molecule has 0 aliphatic heterocycles. The molecule has 14 heavy (non-hydrogen) atoms. The van der Waals surface area contributed by atoms with Crippen LogP contribution in [0.4, 0.5) is 0 Å². The van der Waals surface area contributed by atoms with Crippen molar-refractivity contribution in [1.29, 1.82) is 0 Å². The van der Waals surface area contributed by atoms with Crippen LogP contribution in [0.1, 0.15) is 36.5 Å². The van der Waals surface area contributed by atoms with Gasteiger partial charge in [-0.3, -0.25) is 0 Å². The van der Waals surface area contributed by atoms with Crippen LogP contribution >= 0.6 is 0 Å². The predicted molar refractivity (Wildman–Crippen MR) is 58.5 cm³/mol. The Kier molecular flexibility index (Phi) is 2.15. The number of hydrogen-bond acceptors (Lipinski definition) is 1. The Bertz CT molecular complexity index is 348. The van der Waals surface area contributed by atoms with Crippen LogP contribution in [-0.2, 0) is 5.41 Å². The Labute approximate surface area is 85.8 Å². The molecule has 0 heterocycles. The molecule has 1 nitrogen and oxygen atoms in total. The maximum absolute atomic E-state index is 9.81. The van der Waals surface area contributed by atoms with Crippen LogP contribution in [0, 0.1) is 13.8 Å². The van der Waals surface area contributed by atoms with Gasteiger partial charge in [0.2, 0.25) is 0 Å². The van der Waals surface area contributed by atoms with Crippen LogP contribution in [0.15, 0.2) is 18.2 Å². The molecular weight excluding hydrogens is 172 g/mol. The van der Waals surface area contributed by atoms with Crippen molar-refractivity contribution in [3.63, 3.8) is 0 Å². The van der Waals surface area contributed by atoms with Crippen molar-refractivity contribution in [2.45, 2.75) is 45.1 Å². The van der Waals surface area contributed by atoms with Crippen molar-refractivity contribution in [3.8, 4) is 0 Å². The van der Waals surface area contributed by atoms with Crippen LogP contribution in [0.3, 0.4) is 0 Å². The Morgan fingerprint density at radius 2 is 1.93 bits per heavy atom. The van der Waals surface area contributed by atoms with Crippen LogP contribution in [0.25, 0.3) is 0 Å². The SMILES string of the molecule is Cc1ccc(C)c(C2(C(C)O)CC2)c1. The van der Waals surface area contributed by atoms with Gasteiger partial charge in [-0.05, 0) is 44.7 Å². The van der Waals surface area contributed by atoms with Crippen LogP contribution < -0.4 is 0 Å². The summed E-state index contributed by atoms with van der Waals surface area (Å²) < 4.78 is 0. The molecule has 1 aromatic rings. The molecule has 1 N–H and O–H groups in total. The first-order valence-corrected chi connectivity index (χ1v) is 5.32. The molecule has 1 atom stereocenters. The zero-order chi connectivity index (χ0) is 10.3. The lowest BCUT2D eigenvalue weighted by Gasteiger charge is -2.21. The highest BCUT2D eigenvalue weighted by molar-refractivity contribution is 5.41. The molecule has 0 radical (unpaired) electrons. The highest BCUT2D eigenvalue weighted by Crippen LogP contribution is 2.52. The molecule has 2 rings (SSSR count). The molecular formula is C13H18O. The molecule has 76 valence electrons. The van der Waals surface area contributed by atoms with Gasteiger partial charge < -0.3 is 5.11 Å². The Morgan fingerprint density at radius 1 is 1.29 bits per heavy atom. The normalized spacial score (nSPS) is 20.6. The molecule has 1 aliphatic rings. The summed E-state index contributed by atoms with van der Waals surface area (Å²) in [6, 6.07) is 6.53. The molecule has 1 heteroatoms. The summed E-state index contributed by atoms with van der Waals surface area (Å²) in [7, 11) is 0. The van der Waals surface area contributed by atoms with Crippen LogP contribution in [0.2, 0.25) is 0 Å². The molecule has 1 unspecified atom stereocenters. The average molecular weight is 190 g/mol. The van der Waals surface area contributed by atoms with E-state index in [1.165, 1.54) is 16.7 Å². The second-order valence-electron chi connectivity index (χ2n) is 4.65. The second kappa shape index (κ2) is 3.09. The third-order valence-electron chi connectivity index (χ3n) is 3.52. The predicted octanol–water partition coefficient (Wildman–Crippen LogP) is 2.72. The zero-order valence-electron chi connectivity index (χ0n) is 9.17. The largest absolute Gasteiger partial charge is 0.392 e. The van der Waals surface area contributed by atoms with E-state index in [2.05, 4.69) is 32.0 Å². The molecule has 0 aromatic heterocycles. The Morgan fingerprint density at radius 3 is 2.43 bits per heavy atom. The van der Waals surface area contributed by atoms with Gasteiger partial charge in [-0.15, -0.1) is 0 Å². The topological polar surface area (TPSA) is 20.2 Å². The molecule has 0 amide bonds. The number of aliphatic hydroxyl groups excluding tert-OH is 1. The Balaban J connectivity index is 2.46. The molecule has 1 aliphatic carbocycles. The summed E-state index contributed by atoms with van der Waals surface area (Å²) in [5.74, 6) is 0. The maximum Gasteiger partial charge on any atom is 0.0608 e. The maximum atomic E-state index is 9.81. The summed E-state index contributed by atoms with van der Waals surface area (Å²) in [5.41, 5.74) is 4.04. The first-order valence-electron chi connectivity index (χ1n) is 5.32. The van der Waals surface area contributed by atoms with E-state index < -0.39 is 0 Å².